The van der Waals surface area contributed by atoms with Gasteiger partial charge in [-0.05, 0) is 38.0 Å². The van der Waals surface area contributed by atoms with Crippen molar-refractivity contribution < 1.29 is 0 Å². The van der Waals surface area contributed by atoms with Gasteiger partial charge in [0.25, 0.3) is 0 Å². The van der Waals surface area contributed by atoms with Gasteiger partial charge >= 0.3 is 0 Å². The summed E-state index contributed by atoms with van der Waals surface area (Å²) in [6, 6.07) is 1.54. The van der Waals surface area contributed by atoms with Gasteiger partial charge < -0.3 is 5.32 Å². The normalized spacial score (nSPS) is 38.7. The molecular weight excluding hydrogens is 232 g/mol. The first kappa shape index (κ1) is 13.9. The molecule has 110 valence electrons. The number of hydrogen-bond donors (Lipinski definition) is 1. The standard InChI is InChI=1S/C17H32N2/c1-14-12-18-17(10-5-4-6-11-17)13-19(14)15-8-7-9-16(15,2)3/h14-15,18H,4-13H2,1-3H3. The molecular formula is C17H32N2. The molecule has 3 rings (SSSR count). The fraction of sp³-hybridized carbons (Fsp3) is 1.00. The van der Waals surface area contributed by atoms with E-state index in [1.165, 1.54) is 64.5 Å². The molecule has 2 heteroatoms. The van der Waals surface area contributed by atoms with Crippen LogP contribution in [0.5, 0.6) is 0 Å². The molecule has 0 bridgehead atoms. The Morgan fingerprint density at radius 2 is 1.74 bits per heavy atom. The molecule has 2 unspecified atom stereocenters. The number of rotatable bonds is 1. The van der Waals surface area contributed by atoms with E-state index in [2.05, 4.69) is 31.0 Å². The SMILES string of the molecule is CC1CNC2(CCCCC2)CN1C1CCCC1(C)C. The van der Waals surface area contributed by atoms with E-state index in [0.29, 0.717) is 11.0 Å². The molecule has 2 atom stereocenters. The van der Waals surface area contributed by atoms with Gasteiger partial charge in [0.2, 0.25) is 0 Å². The Hall–Kier alpha value is -0.0800. The van der Waals surface area contributed by atoms with Gasteiger partial charge in [0.1, 0.15) is 0 Å². The summed E-state index contributed by atoms with van der Waals surface area (Å²) in [5.74, 6) is 0. The molecule has 19 heavy (non-hydrogen) atoms. The molecule has 2 nitrogen and oxygen atoms in total. The Morgan fingerprint density at radius 1 is 1.00 bits per heavy atom. The smallest absolute Gasteiger partial charge is 0.0309 e. The lowest BCUT2D eigenvalue weighted by Gasteiger charge is -2.53. The van der Waals surface area contributed by atoms with Crippen molar-refractivity contribution in [1.29, 1.82) is 0 Å². The monoisotopic (exact) mass is 264 g/mol. The fourth-order valence-corrected chi connectivity index (χ4v) is 4.95. The van der Waals surface area contributed by atoms with E-state index in [4.69, 9.17) is 0 Å². The molecule has 2 saturated carbocycles. The largest absolute Gasteiger partial charge is 0.308 e. The fourth-order valence-electron chi connectivity index (χ4n) is 4.95. The number of hydrogen-bond acceptors (Lipinski definition) is 2. The van der Waals surface area contributed by atoms with Crippen molar-refractivity contribution in [2.24, 2.45) is 5.41 Å². The summed E-state index contributed by atoms with van der Waals surface area (Å²) in [5, 5.41) is 3.92. The minimum Gasteiger partial charge on any atom is -0.308 e. The molecule has 0 aromatic heterocycles. The minimum absolute atomic E-state index is 0.462. The highest BCUT2D eigenvalue weighted by Crippen LogP contribution is 2.43. The zero-order valence-electron chi connectivity index (χ0n) is 13.2. The van der Waals surface area contributed by atoms with Gasteiger partial charge in [0.15, 0.2) is 0 Å². The van der Waals surface area contributed by atoms with Gasteiger partial charge in [-0.1, -0.05) is 39.5 Å². The number of piperazine rings is 1. The minimum atomic E-state index is 0.462. The summed E-state index contributed by atoms with van der Waals surface area (Å²) in [7, 11) is 0. The summed E-state index contributed by atoms with van der Waals surface area (Å²) in [6.45, 7) is 9.92. The summed E-state index contributed by atoms with van der Waals surface area (Å²) in [4.78, 5) is 2.88. The first-order chi connectivity index (χ1) is 9.03. The second kappa shape index (κ2) is 5.04. The van der Waals surface area contributed by atoms with E-state index >= 15 is 0 Å². The zero-order chi connectivity index (χ0) is 13.5. The van der Waals surface area contributed by atoms with Crippen molar-refractivity contribution >= 4 is 0 Å². The summed E-state index contributed by atoms with van der Waals surface area (Å²) in [6.07, 6.45) is 11.4. The Labute approximate surface area is 119 Å². The molecule has 1 heterocycles. The van der Waals surface area contributed by atoms with Crippen LogP contribution in [0, 0.1) is 5.41 Å². The third-order valence-electron chi connectivity index (χ3n) is 6.24. The molecule has 1 N–H and O–H groups in total. The van der Waals surface area contributed by atoms with Crippen molar-refractivity contribution in [1.82, 2.24) is 10.2 Å². The van der Waals surface area contributed by atoms with Gasteiger partial charge in [0, 0.05) is 30.7 Å². The highest BCUT2D eigenvalue weighted by atomic mass is 15.3. The van der Waals surface area contributed by atoms with Gasteiger partial charge in [-0.2, -0.15) is 0 Å². The van der Waals surface area contributed by atoms with Crippen molar-refractivity contribution in [2.75, 3.05) is 13.1 Å². The van der Waals surface area contributed by atoms with Gasteiger partial charge in [-0.15, -0.1) is 0 Å². The molecule has 0 radical (unpaired) electrons. The quantitative estimate of drug-likeness (QED) is 0.779. The number of nitrogens with one attached hydrogen (secondary N) is 1. The third kappa shape index (κ3) is 2.58. The van der Waals surface area contributed by atoms with E-state index in [0.717, 1.165) is 12.1 Å². The van der Waals surface area contributed by atoms with E-state index in [9.17, 15) is 0 Å². The predicted octanol–water partition coefficient (Wildman–Crippen LogP) is 3.56. The van der Waals surface area contributed by atoms with Crippen LogP contribution in [0.2, 0.25) is 0 Å². The second-order valence-corrected chi connectivity index (χ2v) is 8.14. The average Bonchev–Trinajstić information content (AvgIpc) is 2.74. The molecule has 1 spiro atoms. The van der Waals surface area contributed by atoms with E-state index in [-0.39, 0.29) is 0 Å². The van der Waals surface area contributed by atoms with Crippen LogP contribution in [0.3, 0.4) is 0 Å². The van der Waals surface area contributed by atoms with Gasteiger partial charge in [-0.3, -0.25) is 4.90 Å². The Kier molecular flexibility index (Phi) is 3.68. The van der Waals surface area contributed by atoms with Crippen molar-refractivity contribution in [3.63, 3.8) is 0 Å². The van der Waals surface area contributed by atoms with Crippen LogP contribution in [-0.4, -0.2) is 35.6 Å². The maximum Gasteiger partial charge on any atom is 0.0309 e. The van der Waals surface area contributed by atoms with Gasteiger partial charge in [-0.25, -0.2) is 0 Å². The van der Waals surface area contributed by atoms with Crippen LogP contribution < -0.4 is 5.32 Å². The van der Waals surface area contributed by atoms with Crippen molar-refractivity contribution in [2.45, 2.75) is 89.8 Å². The zero-order valence-corrected chi connectivity index (χ0v) is 13.2. The summed E-state index contributed by atoms with van der Waals surface area (Å²) >= 11 is 0. The summed E-state index contributed by atoms with van der Waals surface area (Å²) < 4.78 is 0. The van der Waals surface area contributed by atoms with Crippen LogP contribution in [0.15, 0.2) is 0 Å². The lowest BCUT2D eigenvalue weighted by Crippen LogP contribution is -2.67. The third-order valence-corrected chi connectivity index (χ3v) is 6.24. The Bertz CT molecular complexity index is 317. The molecule has 2 aliphatic carbocycles. The maximum atomic E-state index is 3.92. The Morgan fingerprint density at radius 3 is 2.37 bits per heavy atom. The lowest BCUT2D eigenvalue weighted by atomic mass is 9.77. The highest BCUT2D eigenvalue weighted by molar-refractivity contribution is 5.03. The number of nitrogens with zero attached hydrogens (tertiary/aromatic N) is 1. The summed E-state index contributed by atoms with van der Waals surface area (Å²) in [5.41, 5.74) is 0.991. The van der Waals surface area contributed by atoms with Crippen molar-refractivity contribution in [3.8, 4) is 0 Å². The average molecular weight is 264 g/mol. The van der Waals surface area contributed by atoms with Crippen molar-refractivity contribution in [3.05, 3.63) is 0 Å². The Balaban J connectivity index is 1.76. The first-order valence-electron chi connectivity index (χ1n) is 8.53. The van der Waals surface area contributed by atoms with Crippen LogP contribution >= 0.6 is 0 Å². The second-order valence-electron chi connectivity index (χ2n) is 8.14. The lowest BCUT2D eigenvalue weighted by molar-refractivity contribution is 0.000331. The molecule has 1 saturated heterocycles. The van der Waals surface area contributed by atoms with E-state index in [1.54, 1.807) is 0 Å². The molecule has 0 aromatic rings. The molecule has 3 aliphatic rings. The molecule has 3 fully saturated rings. The molecule has 0 aromatic carbocycles. The van der Waals surface area contributed by atoms with Crippen LogP contribution in [0.4, 0.5) is 0 Å². The first-order valence-corrected chi connectivity index (χ1v) is 8.53. The van der Waals surface area contributed by atoms with E-state index < -0.39 is 0 Å². The predicted molar refractivity (Wildman–Crippen MR) is 81.4 cm³/mol. The van der Waals surface area contributed by atoms with Crippen LogP contribution in [0.1, 0.15) is 72.1 Å². The van der Waals surface area contributed by atoms with Gasteiger partial charge in [0.05, 0.1) is 0 Å². The van der Waals surface area contributed by atoms with E-state index in [1.807, 2.05) is 0 Å². The highest BCUT2D eigenvalue weighted by Gasteiger charge is 2.46. The van der Waals surface area contributed by atoms with Crippen LogP contribution in [-0.2, 0) is 0 Å². The van der Waals surface area contributed by atoms with Crippen LogP contribution in [0.25, 0.3) is 0 Å². The molecule has 0 amide bonds. The topological polar surface area (TPSA) is 15.3 Å². The maximum absolute atomic E-state index is 3.92. The molecule has 1 aliphatic heterocycles.